The zero-order chi connectivity index (χ0) is 36.1. The van der Waals surface area contributed by atoms with Gasteiger partial charge < -0.3 is 58.9 Å². The molecular formula is C33H46ClNO14. The van der Waals surface area contributed by atoms with Gasteiger partial charge in [-0.1, -0.05) is 0 Å². The Morgan fingerprint density at radius 3 is 2.22 bits per heavy atom. The van der Waals surface area contributed by atoms with Crippen LogP contribution in [0.15, 0.2) is 12.1 Å². The van der Waals surface area contributed by atoms with Crippen molar-refractivity contribution in [2.75, 3.05) is 41.0 Å². The van der Waals surface area contributed by atoms with E-state index in [1.807, 2.05) is 27.9 Å². The van der Waals surface area contributed by atoms with Gasteiger partial charge in [0.05, 0.1) is 19.3 Å². The molecule has 2 heterocycles. The van der Waals surface area contributed by atoms with E-state index in [0.29, 0.717) is 18.5 Å². The maximum absolute atomic E-state index is 12.6. The van der Waals surface area contributed by atoms with Crippen LogP contribution in [0.4, 0.5) is 0 Å². The van der Waals surface area contributed by atoms with Gasteiger partial charge in [-0.25, -0.2) is 9.59 Å². The van der Waals surface area contributed by atoms with E-state index in [0.717, 1.165) is 13.0 Å². The number of carboxylic acids is 1. The summed E-state index contributed by atoms with van der Waals surface area (Å²) in [7, 11) is 5.32. The standard InChI is InChI=1S/C19H18O8.C14H27NO6.ClH/c1-8-5-13(26-4)11(7-20)17(22)14(8)19(25)27-12-6-9(2)16(21)15(10(12)3)18(23)24;1-14(2)20-12-11(18-7-5-6-15(3)4)10(9(17)8-16)19-13(12)21-14;/h5-7,21-22H,1-4H3,(H,23,24);9-13,16-17H,5-8H2,1-4H3;1H. The summed E-state index contributed by atoms with van der Waals surface area (Å²) in [5, 5.41) is 48.5. The molecule has 5 N–H and O–H groups in total. The number of carboxylic acid groups (broad SMARTS) is 1. The molecular weight excluding hydrogens is 670 g/mol. The zero-order valence-electron chi connectivity index (χ0n) is 28.7. The number of aromatic hydroxyl groups is 2. The van der Waals surface area contributed by atoms with Crippen molar-refractivity contribution in [3.8, 4) is 23.0 Å². The lowest BCUT2D eigenvalue weighted by molar-refractivity contribution is -0.231. The highest BCUT2D eigenvalue weighted by molar-refractivity contribution is 6.00. The summed E-state index contributed by atoms with van der Waals surface area (Å²) in [6.45, 7) is 9.05. The number of rotatable bonds is 12. The number of ether oxygens (including phenoxy) is 6. The lowest BCUT2D eigenvalue weighted by atomic mass is 10.0. The summed E-state index contributed by atoms with van der Waals surface area (Å²) < 4.78 is 33.3. The number of aromatic carboxylic acids is 1. The van der Waals surface area contributed by atoms with Crippen molar-refractivity contribution in [2.45, 2.75) is 77.5 Å². The molecule has 0 bridgehead atoms. The van der Waals surface area contributed by atoms with Crippen LogP contribution < -0.4 is 9.47 Å². The molecule has 0 aromatic heterocycles. The summed E-state index contributed by atoms with van der Waals surface area (Å²) >= 11 is 0. The van der Waals surface area contributed by atoms with Crippen molar-refractivity contribution in [2.24, 2.45) is 0 Å². The van der Waals surface area contributed by atoms with Crippen LogP contribution in [0.2, 0.25) is 0 Å². The Kier molecular flexibility index (Phi) is 14.8. The van der Waals surface area contributed by atoms with Gasteiger partial charge in [-0.2, -0.15) is 0 Å². The highest BCUT2D eigenvalue weighted by Gasteiger charge is 2.56. The van der Waals surface area contributed by atoms with Crippen molar-refractivity contribution in [1.82, 2.24) is 4.90 Å². The quantitative estimate of drug-likeness (QED) is 0.0926. The molecule has 5 unspecified atom stereocenters. The van der Waals surface area contributed by atoms with E-state index >= 15 is 0 Å². The molecule has 0 radical (unpaired) electrons. The lowest BCUT2D eigenvalue weighted by Crippen LogP contribution is -2.44. The number of hydrogen-bond acceptors (Lipinski definition) is 14. The Hall–Kier alpha value is -3.54. The molecule has 0 aliphatic carbocycles. The Labute approximate surface area is 290 Å². The third-order valence-corrected chi connectivity index (χ3v) is 7.81. The Bertz CT molecular complexity index is 1500. The van der Waals surface area contributed by atoms with Gasteiger partial charge in [0.15, 0.2) is 18.4 Å². The first kappa shape index (κ1) is 41.6. The largest absolute Gasteiger partial charge is 0.507 e. The predicted octanol–water partition coefficient (Wildman–Crippen LogP) is 2.74. The zero-order valence-corrected chi connectivity index (χ0v) is 29.5. The molecule has 274 valence electrons. The fourth-order valence-corrected chi connectivity index (χ4v) is 5.42. The number of methoxy groups -OCH3 is 1. The van der Waals surface area contributed by atoms with E-state index in [1.165, 1.54) is 40.0 Å². The summed E-state index contributed by atoms with van der Waals surface area (Å²) in [6.07, 6.45) is -1.82. The highest BCUT2D eigenvalue weighted by Crippen LogP contribution is 2.40. The first-order valence-electron chi connectivity index (χ1n) is 15.2. The number of carbonyl (C=O) groups is 3. The molecule has 0 amide bonds. The van der Waals surface area contributed by atoms with Gasteiger partial charge in [0, 0.05) is 12.2 Å². The average Bonchev–Trinajstić information content (AvgIpc) is 3.48. The normalized spacial score (nSPS) is 21.2. The highest BCUT2D eigenvalue weighted by atomic mass is 35.5. The molecule has 2 aromatic rings. The van der Waals surface area contributed by atoms with Gasteiger partial charge in [0.2, 0.25) is 0 Å². The van der Waals surface area contributed by atoms with E-state index in [1.54, 1.807) is 0 Å². The molecule has 2 aliphatic heterocycles. The van der Waals surface area contributed by atoms with E-state index in [2.05, 4.69) is 4.90 Å². The van der Waals surface area contributed by atoms with Gasteiger partial charge in [0.25, 0.3) is 0 Å². The van der Waals surface area contributed by atoms with Crippen LogP contribution >= 0.6 is 12.4 Å². The monoisotopic (exact) mass is 715 g/mol. The topological polar surface area (TPSA) is 211 Å². The Morgan fingerprint density at radius 1 is 1.04 bits per heavy atom. The Balaban J connectivity index is 0.000000343. The minimum Gasteiger partial charge on any atom is -0.507 e. The third kappa shape index (κ3) is 9.58. The Morgan fingerprint density at radius 2 is 1.67 bits per heavy atom. The van der Waals surface area contributed by atoms with Crippen LogP contribution in [-0.4, -0.2) is 126 Å². The number of nitrogens with zero attached hydrogens (tertiary/aromatic N) is 1. The van der Waals surface area contributed by atoms with E-state index in [-0.39, 0.29) is 64.4 Å². The van der Waals surface area contributed by atoms with Crippen molar-refractivity contribution < 1.29 is 68.3 Å². The number of aryl methyl sites for hydroxylation is 2. The molecule has 4 rings (SSSR count). The molecule has 2 saturated heterocycles. The molecule has 5 atom stereocenters. The van der Waals surface area contributed by atoms with Crippen LogP contribution in [0.25, 0.3) is 0 Å². The molecule has 16 heteroatoms. The molecule has 49 heavy (non-hydrogen) atoms. The van der Waals surface area contributed by atoms with Crippen LogP contribution in [0, 0.1) is 20.8 Å². The second-order valence-corrected chi connectivity index (χ2v) is 12.2. The number of benzene rings is 2. The molecule has 0 saturated carbocycles. The number of phenols is 2. The first-order chi connectivity index (χ1) is 22.5. The minimum absolute atomic E-state index is 0. The van der Waals surface area contributed by atoms with Gasteiger partial charge in [0.1, 0.15) is 58.5 Å². The maximum atomic E-state index is 12.6. The van der Waals surface area contributed by atoms with Gasteiger partial charge in [-0.15, -0.1) is 12.4 Å². The maximum Gasteiger partial charge on any atom is 0.347 e. The fraction of sp³-hybridized carbons (Fsp3) is 0.545. The summed E-state index contributed by atoms with van der Waals surface area (Å²) in [5.41, 5.74) is -0.307. The van der Waals surface area contributed by atoms with Crippen molar-refractivity contribution >= 4 is 30.6 Å². The molecule has 2 aromatic carbocycles. The SMILES string of the molecule is CN(C)CCCOC1C(C(O)CO)OC2OC(C)(C)OC21.COc1cc(C)c(C(=O)Oc2cc(C)c(O)c(C(=O)O)c2C)c(O)c1C=O.Cl. The number of esters is 1. The summed E-state index contributed by atoms with van der Waals surface area (Å²) in [6, 6.07) is 2.71. The second kappa shape index (κ2) is 17.4. The van der Waals surface area contributed by atoms with Crippen LogP contribution in [0.1, 0.15) is 68.0 Å². The molecule has 0 spiro atoms. The van der Waals surface area contributed by atoms with E-state index in [4.69, 9.17) is 33.5 Å². The fourth-order valence-electron chi connectivity index (χ4n) is 5.42. The summed E-state index contributed by atoms with van der Waals surface area (Å²) in [5.74, 6) is -4.10. The second-order valence-electron chi connectivity index (χ2n) is 12.2. The predicted molar refractivity (Wildman–Crippen MR) is 176 cm³/mol. The van der Waals surface area contributed by atoms with E-state index in [9.17, 15) is 34.8 Å². The number of aldehydes is 1. The summed E-state index contributed by atoms with van der Waals surface area (Å²) in [4.78, 5) is 37.3. The number of hydrogen-bond donors (Lipinski definition) is 5. The van der Waals surface area contributed by atoms with Gasteiger partial charge in [-0.05, 0) is 84.9 Å². The van der Waals surface area contributed by atoms with Crippen LogP contribution in [0.5, 0.6) is 23.0 Å². The number of carbonyl (C=O) groups excluding carboxylic acids is 2. The number of fused-ring (bicyclic) bond motifs is 1. The first-order valence-corrected chi connectivity index (χ1v) is 15.2. The number of phenolic OH excluding ortho intramolecular Hbond substituents is 1. The van der Waals surface area contributed by atoms with Crippen LogP contribution in [0.3, 0.4) is 0 Å². The van der Waals surface area contributed by atoms with Crippen LogP contribution in [-0.2, 0) is 18.9 Å². The molecule has 2 aliphatic rings. The molecule has 15 nitrogen and oxygen atoms in total. The third-order valence-electron chi connectivity index (χ3n) is 7.81. The minimum atomic E-state index is -1.38. The van der Waals surface area contributed by atoms with Crippen molar-refractivity contribution in [3.05, 3.63) is 45.5 Å². The smallest absolute Gasteiger partial charge is 0.347 e. The number of aliphatic hydroxyl groups is 2. The van der Waals surface area contributed by atoms with Gasteiger partial charge in [-0.3, -0.25) is 4.79 Å². The number of aliphatic hydroxyl groups excluding tert-OH is 2. The number of halogens is 1. The van der Waals surface area contributed by atoms with Crippen molar-refractivity contribution in [3.63, 3.8) is 0 Å². The van der Waals surface area contributed by atoms with Gasteiger partial charge >= 0.3 is 11.9 Å². The average molecular weight is 716 g/mol. The van der Waals surface area contributed by atoms with E-state index < -0.39 is 53.8 Å². The lowest BCUT2D eigenvalue weighted by Gasteiger charge is -2.28. The van der Waals surface area contributed by atoms with Crippen molar-refractivity contribution in [1.29, 1.82) is 0 Å². The molecule has 2 fully saturated rings.